The minimum Gasteiger partial charge on any atom is -0.355 e. The van der Waals surface area contributed by atoms with Gasteiger partial charge in [-0.25, -0.2) is 0 Å². The smallest absolute Gasteiger partial charge is 0.191 e. The molecular formula is C20H37N5. The number of guanidine groups is 1. The molecule has 25 heavy (non-hydrogen) atoms. The Labute approximate surface area is 154 Å². The van der Waals surface area contributed by atoms with E-state index in [-0.39, 0.29) is 0 Å². The molecule has 5 heteroatoms. The molecule has 0 amide bonds. The Balaban J connectivity index is 2.53. The van der Waals surface area contributed by atoms with Gasteiger partial charge in [-0.3, -0.25) is 9.89 Å². The summed E-state index contributed by atoms with van der Waals surface area (Å²) < 4.78 is 0. The lowest BCUT2D eigenvalue weighted by molar-refractivity contribution is 0.178. The molecule has 0 radical (unpaired) electrons. The molecule has 0 spiro atoms. The Bertz CT molecular complexity index is 515. The third-order valence-corrected chi connectivity index (χ3v) is 4.26. The molecule has 0 bridgehead atoms. The summed E-state index contributed by atoms with van der Waals surface area (Å²) in [5.74, 6) is 0.854. The van der Waals surface area contributed by atoms with Crippen molar-refractivity contribution >= 4 is 5.96 Å². The molecule has 1 rings (SSSR count). The van der Waals surface area contributed by atoms with Crippen molar-refractivity contribution in [2.24, 2.45) is 4.99 Å². The van der Waals surface area contributed by atoms with Gasteiger partial charge in [0.1, 0.15) is 0 Å². The first-order chi connectivity index (χ1) is 11.8. The van der Waals surface area contributed by atoms with E-state index in [4.69, 9.17) is 0 Å². The summed E-state index contributed by atoms with van der Waals surface area (Å²) in [4.78, 5) is 9.02. The first kappa shape index (κ1) is 21.5. The SMILES string of the molecule is CN=C(NCCN(C(C)C)C(C)C)NCc1ccccc1CN(C)C. The van der Waals surface area contributed by atoms with Crippen LogP contribution in [-0.4, -0.2) is 62.1 Å². The average molecular weight is 348 g/mol. The van der Waals surface area contributed by atoms with Crippen LogP contribution in [0.25, 0.3) is 0 Å². The lowest BCUT2D eigenvalue weighted by Crippen LogP contribution is -2.45. The van der Waals surface area contributed by atoms with E-state index in [1.807, 2.05) is 7.05 Å². The zero-order chi connectivity index (χ0) is 18.8. The highest BCUT2D eigenvalue weighted by Crippen LogP contribution is 2.10. The molecule has 142 valence electrons. The molecule has 0 heterocycles. The zero-order valence-electron chi connectivity index (χ0n) is 17.1. The van der Waals surface area contributed by atoms with E-state index in [1.165, 1.54) is 11.1 Å². The van der Waals surface area contributed by atoms with Crippen LogP contribution >= 0.6 is 0 Å². The largest absolute Gasteiger partial charge is 0.355 e. The number of aliphatic imine (C=N–C) groups is 1. The predicted octanol–water partition coefficient (Wildman–Crippen LogP) is 2.53. The maximum absolute atomic E-state index is 4.35. The number of hydrogen-bond acceptors (Lipinski definition) is 3. The second kappa shape index (κ2) is 11.1. The number of benzene rings is 1. The summed E-state index contributed by atoms with van der Waals surface area (Å²) in [5.41, 5.74) is 2.66. The minimum atomic E-state index is 0.551. The van der Waals surface area contributed by atoms with E-state index in [1.54, 1.807) is 0 Å². The van der Waals surface area contributed by atoms with Crippen molar-refractivity contribution in [3.8, 4) is 0 Å². The van der Waals surface area contributed by atoms with Crippen molar-refractivity contribution in [3.63, 3.8) is 0 Å². The maximum atomic E-state index is 4.35. The number of nitrogens with one attached hydrogen (secondary N) is 2. The second-order valence-electron chi connectivity index (χ2n) is 7.28. The van der Waals surface area contributed by atoms with Crippen molar-refractivity contribution in [3.05, 3.63) is 35.4 Å². The van der Waals surface area contributed by atoms with Gasteiger partial charge in [-0.15, -0.1) is 0 Å². The summed E-state index contributed by atoms with van der Waals surface area (Å²) in [6, 6.07) is 9.66. The van der Waals surface area contributed by atoms with Crippen LogP contribution in [0.1, 0.15) is 38.8 Å². The molecule has 1 aromatic carbocycles. The van der Waals surface area contributed by atoms with Crippen LogP contribution in [0.15, 0.2) is 29.3 Å². The van der Waals surface area contributed by atoms with Crippen LogP contribution in [0, 0.1) is 0 Å². The van der Waals surface area contributed by atoms with Crippen LogP contribution < -0.4 is 10.6 Å². The molecule has 0 aliphatic rings. The van der Waals surface area contributed by atoms with Gasteiger partial charge in [0.2, 0.25) is 0 Å². The van der Waals surface area contributed by atoms with Crippen molar-refractivity contribution in [1.29, 1.82) is 0 Å². The van der Waals surface area contributed by atoms with Crippen molar-refractivity contribution in [2.75, 3.05) is 34.2 Å². The van der Waals surface area contributed by atoms with E-state index in [0.29, 0.717) is 12.1 Å². The van der Waals surface area contributed by atoms with E-state index in [2.05, 4.69) is 91.5 Å². The standard InChI is InChI=1S/C20H37N5/c1-16(2)25(17(3)4)13-12-22-20(21-5)23-14-18-10-8-9-11-19(18)15-24(6)7/h8-11,16-17H,12-15H2,1-7H3,(H2,21,22,23). The van der Waals surface area contributed by atoms with Crippen molar-refractivity contribution in [2.45, 2.75) is 52.9 Å². The van der Waals surface area contributed by atoms with Crippen LogP contribution in [0.3, 0.4) is 0 Å². The van der Waals surface area contributed by atoms with Gasteiger partial charge in [-0.2, -0.15) is 0 Å². The minimum absolute atomic E-state index is 0.551. The van der Waals surface area contributed by atoms with Crippen molar-refractivity contribution < 1.29 is 0 Å². The zero-order valence-corrected chi connectivity index (χ0v) is 17.1. The summed E-state index contributed by atoms with van der Waals surface area (Å²) in [7, 11) is 6.02. The molecule has 0 fully saturated rings. The highest BCUT2D eigenvalue weighted by molar-refractivity contribution is 5.79. The summed E-state index contributed by atoms with van der Waals surface area (Å²) >= 11 is 0. The number of hydrogen-bond donors (Lipinski definition) is 2. The van der Waals surface area contributed by atoms with Crippen LogP contribution in [0.5, 0.6) is 0 Å². The Hall–Kier alpha value is -1.59. The Morgan fingerprint density at radius 1 is 1.00 bits per heavy atom. The molecule has 0 saturated carbocycles. The van der Waals surface area contributed by atoms with E-state index < -0.39 is 0 Å². The molecule has 0 unspecified atom stereocenters. The van der Waals surface area contributed by atoms with Gasteiger partial charge in [0, 0.05) is 45.3 Å². The van der Waals surface area contributed by atoms with E-state index >= 15 is 0 Å². The molecule has 5 nitrogen and oxygen atoms in total. The predicted molar refractivity (Wildman–Crippen MR) is 109 cm³/mol. The van der Waals surface area contributed by atoms with Crippen LogP contribution in [-0.2, 0) is 13.1 Å². The van der Waals surface area contributed by atoms with Gasteiger partial charge in [-0.1, -0.05) is 24.3 Å². The lowest BCUT2D eigenvalue weighted by Gasteiger charge is -2.30. The molecule has 2 N–H and O–H groups in total. The van der Waals surface area contributed by atoms with Gasteiger partial charge in [0.05, 0.1) is 0 Å². The first-order valence-corrected chi connectivity index (χ1v) is 9.27. The van der Waals surface area contributed by atoms with Crippen LogP contribution in [0.2, 0.25) is 0 Å². The topological polar surface area (TPSA) is 42.9 Å². The van der Waals surface area contributed by atoms with Crippen molar-refractivity contribution in [1.82, 2.24) is 20.4 Å². The molecule has 0 aliphatic carbocycles. The van der Waals surface area contributed by atoms with Gasteiger partial charge >= 0.3 is 0 Å². The molecule has 0 aliphatic heterocycles. The maximum Gasteiger partial charge on any atom is 0.191 e. The molecule has 0 atom stereocenters. The Morgan fingerprint density at radius 2 is 1.60 bits per heavy atom. The molecular weight excluding hydrogens is 310 g/mol. The molecule has 0 aromatic heterocycles. The number of rotatable bonds is 9. The lowest BCUT2D eigenvalue weighted by atomic mass is 10.1. The highest BCUT2D eigenvalue weighted by atomic mass is 15.2. The normalized spacial score (nSPS) is 12.5. The molecule has 1 aromatic rings. The Morgan fingerprint density at radius 3 is 2.12 bits per heavy atom. The van der Waals surface area contributed by atoms with Gasteiger partial charge < -0.3 is 15.5 Å². The van der Waals surface area contributed by atoms with Gasteiger partial charge in [-0.05, 0) is 52.9 Å². The van der Waals surface area contributed by atoms with E-state index in [0.717, 1.165) is 32.1 Å². The third kappa shape index (κ3) is 7.88. The fourth-order valence-corrected chi connectivity index (χ4v) is 3.04. The van der Waals surface area contributed by atoms with Crippen LogP contribution in [0.4, 0.5) is 0 Å². The quantitative estimate of drug-likeness (QED) is 0.532. The Kier molecular flexibility index (Phi) is 9.53. The average Bonchev–Trinajstić information content (AvgIpc) is 2.54. The number of nitrogens with zero attached hydrogens (tertiary/aromatic N) is 3. The third-order valence-electron chi connectivity index (χ3n) is 4.26. The molecule has 0 saturated heterocycles. The summed E-state index contributed by atoms with van der Waals surface area (Å²) in [5, 5.41) is 6.86. The first-order valence-electron chi connectivity index (χ1n) is 9.27. The summed E-state index contributed by atoms with van der Waals surface area (Å²) in [6.45, 7) is 12.6. The van der Waals surface area contributed by atoms with E-state index in [9.17, 15) is 0 Å². The highest BCUT2D eigenvalue weighted by Gasteiger charge is 2.12. The fraction of sp³-hybridized carbons (Fsp3) is 0.650. The monoisotopic (exact) mass is 347 g/mol. The summed E-state index contributed by atoms with van der Waals surface area (Å²) in [6.07, 6.45) is 0. The fourth-order valence-electron chi connectivity index (χ4n) is 3.04. The van der Waals surface area contributed by atoms with Gasteiger partial charge in [0.25, 0.3) is 0 Å². The van der Waals surface area contributed by atoms with Gasteiger partial charge in [0.15, 0.2) is 5.96 Å². The second-order valence-corrected chi connectivity index (χ2v) is 7.28.